The van der Waals surface area contributed by atoms with E-state index in [2.05, 4.69) is 48.0 Å². The zero-order chi connectivity index (χ0) is 18.5. The molecule has 0 spiro atoms. The van der Waals surface area contributed by atoms with Crippen LogP contribution in [0.2, 0.25) is 0 Å². The summed E-state index contributed by atoms with van der Waals surface area (Å²) in [6.07, 6.45) is 0. The quantitative estimate of drug-likeness (QED) is 0.596. The number of aromatic amines is 1. The van der Waals surface area contributed by atoms with E-state index in [1.807, 2.05) is 30.3 Å². The lowest BCUT2D eigenvalue weighted by molar-refractivity contribution is 0.432. The van der Waals surface area contributed by atoms with Crippen LogP contribution in [0, 0.1) is 0 Å². The molecule has 2 heterocycles. The van der Waals surface area contributed by atoms with Gasteiger partial charge in [0.25, 0.3) is 5.89 Å². The topological polar surface area (TPSA) is 76.7 Å². The lowest BCUT2D eigenvalue weighted by Gasteiger charge is -2.18. The van der Waals surface area contributed by atoms with E-state index >= 15 is 0 Å². The molecule has 0 saturated heterocycles. The molecule has 0 atom stereocenters. The Morgan fingerprint density at radius 3 is 2.42 bits per heavy atom. The Labute approximate surface area is 150 Å². The number of hydrogen-bond acceptors (Lipinski definition) is 4. The first-order valence-corrected chi connectivity index (χ1v) is 8.47. The number of hydrogen-bond donors (Lipinski definition) is 1. The van der Waals surface area contributed by atoms with Gasteiger partial charge in [0, 0.05) is 18.2 Å². The van der Waals surface area contributed by atoms with Crippen molar-refractivity contribution < 1.29 is 4.52 Å². The zero-order valence-corrected chi connectivity index (χ0v) is 15.2. The number of aromatic nitrogens is 4. The van der Waals surface area contributed by atoms with Gasteiger partial charge in [-0.1, -0.05) is 38.1 Å². The second kappa shape index (κ2) is 5.69. The SMILES string of the molecule is Cn1c(=O)[nH]c2cc(-c3noc(-c4ccc(C(C)(C)C)cc4)n3)ccc21. The van der Waals surface area contributed by atoms with Crippen molar-refractivity contribution in [3.63, 3.8) is 0 Å². The Hall–Kier alpha value is -3.15. The number of imidazole rings is 1. The van der Waals surface area contributed by atoms with E-state index in [9.17, 15) is 4.79 Å². The molecule has 0 fully saturated rings. The van der Waals surface area contributed by atoms with Crippen LogP contribution >= 0.6 is 0 Å². The van der Waals surface area contributed by atoms with E-state index in [1.165, 1.54) is 5.56 Å². The highest BCUT2D eigenvalue weighted by atomic mass is 16.5. The molecule has 0 aliphatic carbocycles. The first-order valence-electron chi connectivity index (χ1n) is 8.47. The predicted octanol–water partition coefficient (Wildman–Crippen LogP) is 3.88. The summed E-state index contributed by atoms with van der Waals surface area (Å²) in [5.74, 6) is 0.966. The minimum absolute atomic E-state index is 0.0978. The minimum atomic E-state index is -0.148. The second-order valence-electron chi connectivity index (χ2n) is 7.47. The fourth-order valence-electron chi connectivity index (χ4n) is 2.95. The Kier molecular flexibility index (Phi) is 3.57. The molecule has 0 amide bonds. The van der Waals surface area contributed by atoms with Gasteiger partial charge >= 0.3 is 5.69 Å². The first-order chi connectivity index (χ1) is 12.3. The summed E-state index contributed by atoms with van der Waals surface area (Å²) in [6, 6.07) is 13.8. The standard InChI is InChI=1S/C20H20N4O2/c1-20(2,3)14-8-5-12(6-9-14)18-22-17(23-26-18)13-7-10-16-15(11-13)21-19(25)24(16)4/h5-11H,1-4H3,(H,21,25). The van der Waals surface area contributed by atoms with Gasteiger partial charge in [0.05, 0.1) is 11.0 Å². The van der Waals surface area contributed by atoms with Gasteiger partial charge < -0.3 is 9.51 Å². The Morgan fingerprint density at radius 2 is 1.73 bits per heavy atom. The molecule has 132 valence electrons. The van der Waals surface area contributed by atoms with Gasteiger partial charge in [-0.3, -0.25) is 4.57 Å². The molecule has 0 bridgehead atoms. The highest BCUT2D eigenvalue weighted by Gasteiger charge is 2.16. The van der Waals surface area contributed by atoms with Crippen molar-refractivity contribution in [2.45, 2.75) is 26.2 Å². The summed E-state index contributed by atoms with van der Waals surface area (Å²) in [7, 11) is 1.73. The third-order valence-electron chi connectivity index (χ3n) is 4.59. The van der Waals surface area contributed by atoms with Gasteiger partial charge in [0.1, 0.15) is 0 Å². The van der Waals surface area contributed by atoms with Crippen molar-refractivity contribution in [3.8, 4) is 22.8 Å². The third kappa shape index (κ3) is 2.73. The predicted molar refractivity (Wildman–Crippen MR) is 101 cm³/mol. The molecule has 6 heteroatoms. The van der Waals surface area contributed by atoms with E-state index < -0.39 is 0 Å². The Bertz CT molecular complexity index is 1140. The summed E-state index contributed by atoms with van der Waals surface area (Å²) in [5.41, 5.74) is 4.45. The van der Waals surface area contributed by atoms with Crippen LogP contribution in [0.15, 0.2) is 51.8 Å². The molecule has 0 saturated carbocycles. The van der Waals surface area contributed by atoms with Crippen LogP contribution < -0.4 is 5.69 Å². The second-order valence-corrected chi connectivity index (χ2v) is 7.47. The first kappa shape index (κ1) is 16.3. The van der Waals surface area contributed by atoms with E-state index in [1.54, 1.807) is 11.6 Å². The van der Waals surface area contributed by atoms with Crippen LogP contribution in [0.5, 0.6) is 0 Å². The molecule has 0 aliphatic heterocycles. The van der Waals surface area contributed by atoms with E-state index in [0.717, 1.165) is 22.2 Å². The summed E-state index contributed by atoms with van der Waals surface area (Å²) in [6.45, 7) is 6.53. The molecule has 0 unspecified atom stereocenters. The number of fused-ring (bicyclic) bond motifs is 1. The van der Waals surface area contributed by atoms with Gasteiger partial charge in [0.15, 0.2) is 0 Å². The van der Waals surface area contributed by atoms with Crippen molar-refractivity contribution in [2.75, 3.05) is 0 Å². The van der Waals surface area contributed by atoms with Crippen LogP contribution in [0.25, 0.3) is 33.9 Å². The van der Waals surface area contributed by atoms with Gasteiger partial charge in [-0.2, -0.15) is 4.98 Å². The molecule has 4 aromatic rings. The zero-order valence-electron chi connectivity index (χ0n) is 15.2. The molecule has 1 N–H and O–H groups in total. The molecule has 4 rings (SSSR count). The summed E-state index contributed by atoms with van der Waals surface area (Å²) in [5, 5.41) is 4.09. The highest BCUT2D eigenvalue weighted by molar-refractivity contribution is 5.80. The average molecular weight is 348 g/mol. The van der Waals surface area contributed by atoms with E-state index in [0.29, 0.717) is 11.7 Å². The number of nitrogens with zero attached hydrogens (tertiary/aromatic N) is 3. The van der Waals surface area contributed by atoms with Crippen molar-refractivity contribution in [3.05, 3.63) is 58.5 Å². The molecule has 2 aromatic heterocycles. The lowest BCUT2D eigenvalue weighted by Crippen LogP contribution is -2.11. The van der Waals surface area contributed by atoms with Crippen LogP contribution in [-0.4, -0.2) is 19.7 Å². The smallest absolute Gasteiger partial charge is 0.326 e. The van der Waals surface area contributed by atoms with Crippen LogP contribution in [-0.2, 0) is 12.5 Å². The molecule has 2 aromatic carbocycles. The van der Waals surface area contributed by atoms with E-state index in [4.69, 9.17) is 4.52 Å². The van der Waals surface area contributed by atoms with E-state index in [-0.39, 0.29) is 11.1 Å². The molecule has 0 radical (unpaired) electrons. The molecule has 6 nitrogen and oxygen atoms in total. The number of benzene rings is 2. The lowest BCUT2D eigenvalue weighted by atomic mass is 9.87. The number of aryl methyl sites for hydroxylation is 1. The molecular weight excluding hydrogens is 328 g/mol. The summed E-state index contributed by atoms with van der Waals surface area (Å²) in [4.78, 5) is 19.0. The summed E-state index contributed by atoms with van der Waals surface area (Å²) < 4.78 is 7.00. The Balaban J connectivity index is 1.69. The maximum atomic E-state index is 11.7. The van der Waals surface area contributed by atoms with Gasteiger partial charge in [-0.25, -0.2) is 4.79 Å². The van der Waals surface area contributed by atoms with Crippen molar-refractivity contribution in [2.24, 2.45) is 7.05 Å². The van der Waals surface area contributed by atoms with Crippen LogP contribution in [0.4, 0.5) is 0 Å². The highest BCUT2D eigenvalue weighted by Crippen LogP contribution is 2.27. The fraction of sp³-hybridized carbons (Fsp3) is 0.250. The maximum Gasteiger partial charge on any atom is 0.326 e. The van der Waals surface area contributed by atoms with Crippen molar-refractivity contribution in [1.29, 1.82) is 0 Å². The molecule has 26 heavy (non-hydrogen) atoms. The minimum Gasteiger partial charge on any atom is -0.334 e. The monoisotopic (exact) mass is 348 g/mol. The number of nitrogens with one attached hydrogen (secondary N) is 1. The number of H-pyrrole nitrogens is 1. The third-order valence-corrected chi connectivity index (χ3v) is 4.59. The normalized spacial score (nSPS) is 12.0. The average Bonchev–Trinajstić information content (AvgIpc) is 3.20. The fourth-order valence-corrected chi connectivity index (χ4v) is 2.95. The van der Waals surface area contributed by atoms with Crippen LogP contribution in [0.3, 0.4) is 0 Å². The number of rotatable bonds is 2. The molecule has 0 aliphatic rings. The summed E-state index contributed by atoms with van der Waals surface area (Å²) >= 11 is 0. The van der Waals surface area contributed by atoms with Gasteiger partial charge in [-0.05, 0) is 41.3 Å². The van der Waals surface area contributed by atoms with Gasteiger partial charge in [0.2, 0.25) is 5.82 Å². The van der Waals surface area contributed by atoms with Gasteiger partial charge in [-0.15, -0.1) is 0 Å². The molecular formula is C20H20N4O2. The van der Waals surface area contributed by atoms with Crippen molar-refractivity contribution in [1.82, 2.24) is 19.7 Å². The Morgan fingerprint density at radius 1 is 1.04 bits per heavy atom. The largest absolute Gasteiger partial charge is 0.334 e. The maximum absolute atomic E-state index is 11.7. The van der Waals surface area contributed by atoms with Crippen LogP contribution in [0.1, 0.15) is 26.3 Å². The van der Waals surface area contributed by atoms with Crippen molar-refractivity contribution >= 4 is 11.0 Å².